The van der Waals surface area contributed by atoms with Crippen LogP contribution >= 0.6 is 0 Å². The summed E-state index contributed by atoms with van der Waals surface area (Å²) in [5, 5.41) is 1.47. The lowest BCUT2D eigenvalue weighted by Crippen LogP contribution is -2.37. The maximum atomic E-state index is 12.1. The van der Waals surface area contributed by atoms with Crippen molar-refractivity contribution in [1.82, 2.24) is 24.4 Å². The Bertz CT molecular complexity index is 1270. The molecule has 0 radical (unpaired) electrons. The molecule has 1 aliphatic heterocycles. The zero-order chi connectivity index (χ0) is 25.5. The van der Waals surface area contributed by atoms with Crippen molar-refractivity contribution in [3.8, 4) is 5.69 Å². The molecule has 0 atom stereocenters. The van der Waals surface area contributed by atoms with Crippen molar-refractivity contribution < 1.29 is 19.1 Å². The fourth-order valence-corrected chi connectivity index (χ4v) is 3.37. The number of para-hydroxylation sites is 2. The first-order valence-electron chi connectivity index (χ1n) is 10.8. The summed E-state index contributed by atoms with van der Waals surface area (Å²) in [5.74, 6) is -1.40. The van der Waals surface area contributed by atoms with E-state index < -0.39 is 23.2 Å². The van der Waals surface area contributed by atoms with Gasteiger partial charge in [0.2, 0.25) is 11.8 Å². The van der Waals surface area contributed by atoms with Gasteiger partial charge in [-0.15, -0.1) is 0 Å². The molecule has 2 aromatic carbocycles. The number of amides is 1. The Morgan fingerprint density at radius 3 is 1.77 bits per heavy atom. The van der Waals surface area contributed by atoms with Crippen LogP contribution in [-0.4, -0.2) is 56.8 Å². The summed E-state index contributed by atoms with van der Waals surface area (Å²) in [6.07, 6.45) is -0.332. The van der Waals surface area contributed by atoms with Crippen LogP contribution in [0.2, 0.25) is 0 Å². The van der Waals surface area contributed by atoms with Crippen LogP contribution in [0.3, 0.4) is 0 Å². The van der Waals surface area contributed by atoms with Gasteiger partial charge in [0, 0.05) is 19.5 Å². The third kappa shape index (κ3) is 5.55. The lowest BCUT2D eigenvalue weighted by molar-refractivity contribution is 0.0814. The minimum Gasteiger partial charge on any atom is -0.449 e. The number of benzene rings is 2. The highest BCUT2D eigenvalue weighted by molar-refractivity contribution is 5.81. The molecule has 1 aliphatic rings. The number of ether oxygens (including phenoxy) is 1. The van der Waals surface area contributed by atoms with Gasteiger partial charge in [-0.3, -0.25) is 9.59 Å². The van der Waals surface area contributed by atoms with Crippen molar-refractivity contribution in [1.29, 1.82) is 0 Å². The van der Waals surface area contributed by atoms with Crippen LogP contribution in [0.4, 0.5) is 10.5 Å². The van der Waals surface area contributed by atoms with Crippen molar-refractivity contribution in [2.24, 2.45) is 0 Å². The molecule has 184 valence electrons. The van der Waals surface area contributed by atoms with Crippen LogP contribution < -0.4 is 21.7 Å². The summed E-state index contributed by atoms with van der Waals surface area (Å²) < 4.78 is 6.74. The molecule has 12 nitrogen and oxygen atoms in total. The van der Waals surface area contributed by atoms with Gasteiger partial charge < -0.3 is 9.64 Å². The number of hydrogen-bond acceptors (Lipinski definition) is 8. The molecule has 4 rings (SSSR count). The topological polar surface area (TPSA) is 128 Å². The number of carbonyl (C=O) groups is 3. The van der Waals surface area contributed by atoms with Gasteiger partial charge in [0.05, 0.1) is 19.0 Å². The standard InChI is InChI=1S/C12H11N3O4.C11H15N3O2/c1-8(16)14-11(18)13(10-6-4-3-5-7-10)12(19)15(14)9(2)17;1-2-16-11(15)14-9-13(8-12-14)10-6-4-3-5-7-10/h3-7H,1-2H3;3-7,12H,2,8-9H2,1H3. The number of carbonyl (C=O) groups excluding carboxylic acids is 3. The molecule has 1 amide bonds. The first-order chi connectivity index (χ1) is 16.8. The Balaban J connectivity index is 0.000000198. The molecule has 1 aromatic heterocycles. The second kappa shape index (κ2) is 11.1. The van der Waals surface area contributed by atoms with Crippen molar-refractivity contribution in [2.75, 3.05) is 24.8 Å². The van der Waals surface area contributed by atoms with Gasteiger partial charge in [-0.25, -0.2) is 29.4 Å². The number of hydrogen-bond donors (Lipinski definition) is 1. The average molecular weight is 482 g/mol. The SMILES string of the molecule is CC(=O)n1c(=O)n(-c2ccccc2)c(=O)n1C(C)=O.CCOC(=O)N1CN(c2ccccc2)CN1. The number of hydrazine groups is 1. The maximum absolute atomic E-state index is 12.1. The largest absolute Gasteiger partial charge is 0.449 e. The lowest BCUT2D eigenvalue weighted by atomic mass is 10.3. The number of aromatic nitrogens is 3. The minimum absolute atomic E-state index is 0.299. The highest BCUT2D eigenvalue weighted by Crippen LogP contribution is 2.15. The van der Waals surface area contributed by atoms with Gasteiger partial charge in [-0.2, -0.15) is 9.36 Å². The lowest BCUT2D eigenvalue weighted by Gasteiger charge is -2.17. The predicted molar refractivity (Wildman–Crippen MR) is 128 cm³/mol. The van der Waals surface area contributed by atoms with E-state index in [0.717, 1.165) is 24.1 Å². The van der Waals surface area contributed by atoms with E-state index in [1.54, 1.807) is 25.1 Å². The fraction of sp³-hybridized carbons (Fsp3) is 0.261. The van der Waals surface area contributed by atoms with Crippen LogP contribution in [0.5, 0.6) is 0 Å². The molecular formula is C23H26N6O6. The zero-order valence-corrected chi connectivity index (χ0v) is 19.6. The monoisotopic (exact) mass is 482 g/mol. The average Bonchev–Trinajstić information content (AvgIpc) is 3.44. The number of nitrogens with zero attached hydrogens (tertiary/aromatic N) is 5. The molecule has 1 N–H and O–H groups in total. The normalized spacial score (nSPS) is 12.7. The van der Waals surface area contributed by atoms with Gasteiger partial charge in [-0.05, 0) is 31.2 Å². The van der Waals surface area contributed by atoms with Crippen molar-refractivity contribution in [2.45, 2.75) is 20.8 Å². The third-order valence-corrected chi connectivity index (χ3v) is 4.93. The smallest absolute Gasteiger partial charge is 0.426 e. The molecule has 1 saturated heterocycles. The molecule has 0 aliphatic carbocycles. The Morgan fingerprint density at radius 1 is 0.829 bits per heavy atom. The molecule has 2 heterocycles. The van der Waals surface area contributed by atoms with E-state index in [-0.39, 0.29) is 6.09 Å². The number of anilines is 1. The summed E-state index contributed by atoms with van der Waals surface area (Å²) in [5.41, 5.74) is 2.63. The van der Waals surface area contributed by atoms with Gasteiger partial charge >= 0.3 is 17.5 Å². The van der Waals surface area contributed by atoms with Crippen LogP contribution in [-0.2, 0) is 4.74 Å². The summed E-state index contributed by atoms with van der Waals surface area (Å²) in [7, 11) is 0. The van der Waals surface area contributed by atoms with E-state index in [1.807, 2.05) is 30.3 Å². The fourth-order valence-electron chi connectivity index (χ4n) is 3.37. The molecule has 12 heteroatoms. The van der Waals surface area contributed by atoms with Crippen LogP contribution in [0.15, 0.2) is 70.3 Å². The third-order valence-electron chi connectivity index (χ3n) is 4.93. The van der Waals surface area contributed by atoms with Crippen LogP contribution in [0.1, 0.15) is 30.4 Å². The first-order valence-corrected chi connectivity index (χ1v) is 10.8. The minimum atomic E-state index is -0.862. The van der Waals surface area contributed by atoms with Gasteiger partial charge in [0.15, 0.2) is 0 Å². The van der Waals surface area contributed by atoms with Crippen molar-refractivity contribution in [3.05, 3.63) is 81.6 Å². The van der Waals surface area contributed by atoms with E-state index in [9.17, 15) is 24.0 Å². The second-order valence-corrected chi connectivity index (χ2v) is 7.36. The Morgan fingerprint density at radius 2 is 1.31 bits per heavy atom. The van der Waals surface area contributed by atoms with Gasteiger partial charge in [0.1, 0.15) is 6.67 Å². The van der Waals surface area contributed by atoms with Crippen molar-refractivity contribution in [3.63, 3.8) is 0 Å². The van der Waals surface area contributed by atoms with E-state index >= 15 is 0 Å². The molecule has 1 fully saturated rings. The molecule has 0 saturated carbocycles. The maximum Gasteiger partial charge on any atom is 0.426 e. The van der Waals surface area contributed by atoms with Gasteiger partial charge in [0.25, 0.3) is 0 Å². The summed E-state index contributed by atoms with van der Waals surface area (Å²) in [6.45, 7) is 5.52. The predicted octanol–water partition coefficient (Wildman–Crippen LogP) is 1.51. The first kappa shape index (κ1) is 25.2. The van der Waals surface area contributed by atoms with E-state index in [1.165, 1.54) is 17.1 Å². The Kier molecular flexibility index (Phi) is 8.00. The summed E-state index contributed by atoms with van der Waals surface area (Å²) in [6, 6.07) is 18.0. The zero-order valence-electron chi connectivity index (χ0n) is 19.6. The van der Waals surface area contributed by atoms with Crippen molar-refractivity contribution >= 4 is 23.6 Å². The number of rotatable bonds is 3. The Labute approximate surface area is 200 Å². The summed E-state index contributed by atoms with van der Waals surface area (Å²) >= 11 is 0. The molecule has 3 aromatic rings. The molecular weight excluding hydrogens is 456 g/mol. The van der Waals surface area contributed by atoms with Crippen LogP contribution in [0.25, 0.3) is 5.69 Å². The number of nitrogens with one attached hydrogen (secondary N) is 1. The molecule has 0 unspecified atom stereocenters. The second-order valence-electron chi connectivity index (χ2n) is 7.36. The van der Waals surface area contributed by atoms with E-state index in [2.05, 4.69) is 10.3 Å². The summed E-state index contributed by atoms with van der Waals surface area (Å²) in [4.78, 5) is 60.5. The van der Waals surface area contributed by atoms with E-state index in [4.69, 9.17) is 4.74 Å². The highest BCUT2D eigenvalue weighted by Gasteiger charge is 2.25. The quantitative estimate of drug-likeness (QED) is 0.595. The molecule has 35 heavy (non-hydrogen) atoms. The molecule has 0 bridgehead atoms. The Hall–Kier alpha value is -4.45. The van der Waals surface area contributed by atoms with Gasteiger partial charge in [-0.1, -0.05) is 36.4 Å². The highest BCUT2D eigenvalue weighted by atomic mass is 16.6. The molecule has 0 spiro atoms. The van der Waals surface area contributed by atoms with E-state index in [0.29, 0.717) is 35.0 Å². The van der Waals surface area contributed by atoms with Crippen LogP contribution in [0, 0.1) is 0 Å².